The molecule has 0 radical (unpaired) electrons. The standard InChI is InChI=1S/C14H20Cl2N2O/c1-2-3-4-5-6-9-17-14(19)18-11-7-8-12(15)13(16)10-11/h7-8,10H,2-6,9H2,1H3,(H2,17,18,19). The molecule has 0 aromatic heterocycles. The van der Waals surface area contributed by atoms with Crippen LogP contribution in [0.25, 0.3) is 0 Å². The molecule has 5 heteroatoms. The SMILES string of the molecule is CCCCCCCNC(=O)Nc1ccc(Cl)c(Cl)c1. The Morgan fingerprint density at radius 1 is 1.11 bits per heavy atom. The zero-order valence-corrected chi connectivity index (χ0v) is 12.7. The molecule has 0 unspecified atom stereocenters. The van der Waals surface area contributed by atoms with Crippen LogP contribution in [0.2, 0.25) is 10.0 Å². The maximum absolute atomic E-state index is 11.6. The number of rotatable bonds is 7. The summed E-state index contributed by atoms with van der Waals surface area (Å²) in [7, 11) is 0. The van der Waals surface area contributed by atoms with Gasteiger partial charge in [-0.25, -0.2) is 4.79 Å². The number of urea groups is 1. The summed E-state index contributed by atoms with van der Waals surface area (Å²) in [5.74, 6) is 0. The fourth-order valence-electron chi connectivity index (χ4n) is 1.68. The Bertz CT molecular complexity index is 410. The molecule has 0 atom stereocenters. The summed E-state index contributed by atoms with van der Waals surface area (Å²) in [6.07, 6.45) is 5.88. The highest BCUT2D eigenvalue weighted by atomic mass is 35.5. The van der Waals surface area contributed by atoms with Crippen LogP contribution in [0.5, 0.6) is 0 Å². The number of hydrogen-bond donors (Lipinski definition) is 2. The average molecular weight is 303 g/mol. The van der Waals surface area contributed by atoms with E-state index in [1.807, 2.05) is 0 Å². The van der Waals surface area contributed by atoms with Crippen molar-refractivity contribution in [1.82, 2.24) is 5.32 Å². The van der Waals surface area contributed by atoms with Crippen LogP contribution in [0.4, 0.5) is 10.5 Å². The van der Waals surface area contributed by atoms with Crippen molar-refractivity contribution in [2.24, 2.45) is 0 Å². The van der Waals surface area contributed by atoms with Gasteiger partial charge in [0, 0.05) is 12.2 Å². The number of hydrogen-bond acceptors (Lipinski definition) is 1. The van der Waals surface area contributed by atoms with Gasteiger partial charge in [0.15, 0.2) is 0 Å². The van der Waals surface area contributed by atoms with Gasteiger partial charge in [-0.2, -0.15) is 0 Å². The van der Waals surface area contributed by atoms with Crippen molar-refractivity contribution in [2.45, 2.75) is 39.0 Å². The molecule has 1 rings (SSSR count). The molecule has 2 amide bonds. The Kier molecular flexibility index (Phi) is 7.68. The second-order valence-corrected chi connectivity index (χ2v) is 5.24. The lowest BCUT2D eigenvalue weighted by Crippen LogP contribution is -2.29. The second-order valence-electron chi connectivity index (χ2n) is 4.42. The summed E-state index contributed by atoms with van der Waals surface area (Å²) in [6, 6.07) is 4.79. The van der Waals surface area contributed by atoms with Crippen LogP contribution in [0.15, 0.2) is 18.2 Å². The van der Waals surface area contributed by atoms with Crippen molar-refractivity contribution in [3.8, 4) is 0 Å². The van der Waals surface area contributed by atoms with E-state index in [1.165, 1.54) is 19.3 Å². The third kappa shape index (κ3) is 6.69. The lowest BCUT2D eigenvalue weighted by atomic mass is 10.1. The molecule has 106 valence electrons. The zero-order valence-electron chi connectivity index (χ0n) is 11.1. The van der Waals surface area contributed by atoms with Crippen molar-refractivity contribution in [2.75, 3.05) is 11.9 Å². The molecule has 2 N–H and O–H groups in total. The van der Waals surface area contributed by atoms with Gasteiger partial charge in [0.2, 0.25) is 0 Å². The number of unbranched alkanes of at least 4 members (excludes halogenated alkanes) is 4. The van der Waals surface area contributed by atoms with Crippen LogP contribution < -0.4 is 10.6 Å². The van der Waals surface area contributed by atoms with Crippen LogP contribution in [0.1, 0.15) is 39.0 Å². The number of amides is 2. The van der Waals surface area contributed by atoms with Gasteiger partial charge in [0.1, 0.15) is 0 Å². The summed E-state index contributed by atoms with van der Waals surface area (Å²) in [4.78, 5) is 11.6. The first-order chi connectivity index (χ1) is 9.13. The Hall–Kier alpha value is -0.930. The van der Waals surface area contributed by atoms with Crippen molar-refractivity contribution in [3.63, 3.8) is 0 Å². The Morgan fingerprint density at radius 2 is 1.84 bits per heavy atom. The van der Waals surface area contributed by atoms with Crippen LogP contribution in [-0.4, -0.2) is 12.6 Å². The van der Waals surface area contributed by atoms with Gasteiger partial charge in [-0.1, -0.05) is 55.8 Å². The van der Waals surface area contributed by atoms with E-state index >= 15 is 0 Å². The predicted molar refractivity (Wildman–Crippen MR) is 82.2 cm³/mol. The molecular formula is C14H20Cl2N2O. The molecule has 0 aliphatic heterocycles. The topological polar surface area (TPSA) is 41.1 Å². The van der Waals surface area contributed by atoms with Gasteiger partial charge in [-0.15, -0.1) is 0 Å². The van der Waals surface area contributed by atoms with E-state index in [2.05, 4.69) is 17.6 Å². The summed E-state index contributed by atoms with van der Waals surface area (Å²) in [5.41, 5.74) is 0.637. The van der Waals surface area contributed by atoms with E-state index in [0.717, 1.165) is 12.8 Å². The minimum atomic E-state index is -0.214. The number of carbonyl (C=O) groups is 1. The summed E-state index contributed by atoms with van der Waals surface area (Å²) in [6.45, 7) is 2.87. The molecule has 0 fully saturated rings. The quantitative estimate of drug-likeness (QED) is 0.677. The largest absolute Gasteiger partial charge is 0.338 e. The van der Waals surface area contributed by atoms with Crippen molar-refractivity contribution >= 4 is 34.9 Å². The minimum absolute atomic E-state index is 0.214. The van der Waals surface area contributed by atoms with Gasteiger partial charge >= 0.3 is 6.03 Å². The molecule has 3 nitrogen and oxygen atoms in total. The van der Waals surface area contributed by atoms with Gasteiger partial charge in [0.05, 0.1) is 10.0 Å². The van der Waals surface area contributed by atoms with E-state index in [1.54, 1.807) is 18.2 Å². The number of nitrogens with one attached hydrogen (secondary N) is 2. The van der Waals surface area contributed by atoms with E-state index in [-0.39, 0.29) is 6.03 Å². The van der Waals surface area contributed by atoms with Gasteiger partial charge in [-0.3, -0.25) is 0 Å². The molecule has 0 aliphatic rings. The fraction of sp³-hybridized carbons (Fsp3) is 0.500. The lowest BCUT2D eigenvalue weighted by Gasteiger charge is -2.08. The van der Waals surface area contributed by atoms with Gasteiger partial charge in [0.25, 0.3) is 0 Å². The normalized spacial score (nSPS) is 10.3. The van der Waals surface area contributed by atoms with E-state index in [4.69, 9.17) is 23.2 Å². The maximum atomic E-state index is 11.6. The molecule has 1 aromatic rings. The molecule has 0 saturated heterocycles. The van der Waals surface area contributed by atoms with Gasteiger partial charge in [-0.05, 0) is 24.6 Å². The molecule has 0 saturated carbocycles. The summed E-state index contributed by atoms with van der Waals surface area (Å²) >= 11 is 11.7. The number of carbonyl (C=O) groups excluding carboxylic acids is 1. The highest BCUT2D eigenvalue weighted by Crippen LogP contribution is 2.24. The molecule has 0 spiro atoms. The smallest absolute Gasteiger partial charge is 0.319 e. The summed E-state index contributed by atoms with van der Waals surface area (Å²) < 4.78 is 0. The molecular weight excluding hydrogens is 283 g/mol. The number of benzene rings is 1. The first-order valence-electron chi connectivity index (χ1n) is 6.63. The van der Waals surface area contributed by atoms with Crippen LogP contribution in [-0.2, 0) is 0 Å². The first kappa shape index (κ1) is 16.1. The number of anilines is 1. The minimum Gasteiger partial charge on any atom is -0.338 e. The van der Waals surface area contributed by atoms with Crippen LogP contribution in [0.3, 0.4) is 0 Å². The Labute approximate surface area is 124 Å². The number of halogens is 2. The average Bonchev–Trinajstić information content (AvgIpc) is 2.38. The Balaban J connectivity index is 2.21. The molecule has 0 heterocycles. The third-order valence-corrected chi connectivity index (χ3v) is 3.48. The molecule has 19 heavy (non-hydrogen) atoms. The van der Waals surface area contributed by atoms with Crippen LogP contribution in [0, 0.1) is 0 Å². The van der Waals surface area contributed by atoms with E-state index in [0.29, 0.717) is 22.3 Å². The monoisotopic (exact) mass is 302 g/mol. The highest BCUT2D eigenvalue weighted by molar-refractivity contribution is 6.42. The predicted octanol–water partition coefficient (Wildman–Crippen LogP) is 5.09. The Morgan fingerprint density at radius 3 is 2.53 bits per heavy atom. The van der Waals surface area contributed by atoms with E-state index < -0.39 is 0 Å². The van der Waals surface area contributed by atoms with Crippen molar-refractivity contribution in [1.29, 1.82) is 0 Å². The first-order valence-corrected chi connectivity index (χ1v) is 7.39. The van der Waals surface area contributed by atoms with Gasteiger partial charge < -0.3 is 10.6 Å². The fourth-order valence-corrected chi connectivity index (χ4v) is 1.98. The highest BCUT2D eigenvalue weighted by Gasteiger charge is 2.03. The van der Waals surface area contributed by atoms with Crippen LogP contribution >= 0.6 is 23.2 Å². The van der Waals surface area contributed by atoms with Crippen molar-refractivity contribution < 1.29 is 4.79 Å². The van der Waals surface area contributed by atoms with Crippen molar-refractivity contribution in [3.05, 3.63) is 28.2 Å². The summed E-state index contributed by atoms with van der Waals surface area (Å²) in [5, 5.41) is 6.44. The maximum Gasteiger partial charge on any atom is 0.319 e. The second kappa shape index (κ2) is 9.05. The molecule has 0 bridgehead atoms. The lowest BCUT2D eigenvalue weighted by molar-refractivity contribution is 0.252. The molecule has 1 aromatic carbocycles. The third-order valence-electron chi connectivity index (χ3n) is 2.74. The zero-order chi connectivity index (χ0) is 14.1. The van der Waals surface area contributed by atoms with E-state index in [9.17, 15) is 4.79 Å². The molecule has 0 aliphatic carbocycles.